The fourth-order valence-corrected chi connectivity index (χ4v) is 2.72. The molecule has 3 rings (SSSR count). The minimum atomic E-state index is -4.36. The van der Waals surface area contributed by atoms with E-state index in [0.29, 0.717) is 29.8 Å². The molecule has 10 heteroatoms. The van der Waals surface area contributed by atoms with Crippen LogP contribution in [0.3, 0.4) is 0 Å². The Morgan fingerprint density at radius 2 is 1.84 bits per heavy atom. The van der Waals surface area contributed by atoms with E-state index in [-0.39, 0.29) is 19.1 Å². The lowest BCUT2D eigenvalue weighted by molar-refractivity contribution is -0.137. The van der Waals surface area contributed by atoms with Gasteiger partial charge in [-0.1, -0.05) is 17.3 Å². The predicted molar refractivity (Wildman–Crippen MR) is 115 cm³/mol. The lowest BCUT2D eigenvalue weighted by atomic mass is 10.1. The first kappa shape index (κ1) is 23.6. The predicted octanol–water partition coefficient (Wildman–Crippen LogP) is 4.76. The van der Waals surface area contributed by atoms with E-state index in [1.165, 1.54) is 12.1 Å². The second-order valence-electron chi connectivity index (χ2n) is 7.69. The summed E-state index contributed by atoms with van der Waals surface area (Å²) in [7, 11) is 2.01. The second kappa shape index (κ2) is 10.0. The van der Waals surface area contributed by atoms with Crippen LogP contribution in [0, 0.1) is 0 Å². The van der Waals surface area contributed by atoms with Gasteiger partial charge in [0.1, 0.15) is 6.61 Å². The zero-order chi connectivity index (χ0) is 23.3. The van der Waals surface area contributed by atoms with Crippen LogP contribution in [0.15, 0.2) is 47.0 Å². The van der Waals surface area contributed by atoms with Crippen molar-refractivity contribution in [3.05, 3.63) is 59.5 Å². The van der Waals surface area contributed by atoms with Gasteiger partial charge in [-0.05, 0) is 56.8 Å². The standard InChI is InChI=1S/C22H26F3N5O2/c1-14(2)30(3)13-27-19-10-16(6-9-18(19)26)21-28-20(32-29-21)12-31-11-15-4-7-17(8-5-15)22(23,24)25/h4-10,14,27H,11-13,26H2,1-3H3. The summed E-state index contributed by atoms with van der Waals surface area (Å²) in [4.78, 5) is 6.45. The summed E-state index contributed by atoms with van der Waals surface area (Å²) in [5.41, 5.74) is 8.07. The molecule has 2 aromatic carbocycles. The summed E-state index contributed by atoms with van der Waals surface area (Å²) in [6.07, 6.45) is -4.36. The molecule has 172 valence electrons. The van der Waals surface area contributed by atoms with Crippen molar-refractivity contribution in [3.8, 4) is 11.4 Å². The molecule has 0 saturated carbocycles. The summed E-state index contributed by atoms with van der Waals surface area (Å²) in [6, 6.07) is 10.6. The molecule has 0 radical (unpaired) electrons. The van der Waals surface area contributed by atoms with Crippen LogP contribution in [-0.2, 0) is 24.1 Å². The van der Waals surface area contributed by atoms with Gasteiger partial charge in [-0.3, -0.25) is 4.90 Å². The van der Waals surface area contributed by atoms with Crippen LogP contribution in [0.1, 0.15) is 30.9 Å². The molecular weight excluding hydrogens is 423 g/mol. The average Bonchev–Trinajstić information content (AvgIpc) is 3.21. The molecule has 7 nitrogen and oxygen atoms in total. The molecule has 0 spiro atoms. The monoisotopic (exact) mass is 449 g/mol. The molecule has 0 atom stereocenters. The molecule has 0 aliphatic carbocycles. The van der Waals surface area contributed by atoms with E-state index in [2.05, 4.69) is 34.2 Å². The van der Waals surface area contributed by atoms with Gasteiger partial charge >= 0.3 is 6.18 Å². The highest BCUT2D eigenvalue weighted by atomic mass is 19.4. The quantitative estimate of drug-likeness (QED) is 0.359. The van der Waals surface area contributed by atoms with Crippen molar-refractivity contribution in [2.75, 3.05) is 24.8 Å². The Bertz CT molecular complexity index is 1020. The number of ether oxygens (including phenoxy) is 1. The highest BCUT2D eigenvalue weighted by molar-refractivity contribution is 5.73. The van der Waals surface area contributed by atoms with Crippen LogP contribution in [-0.4, -0.2) is 34.8 Å². The molecule has 0 bridgehead atoms. The minimum Gasteiger partial charge on any atom is -0.397 e. The number of nitrogens with two attached hydrogens (primary N) is 1. The van der Waals surface area contributed by atoms with Crippen LogP contribution in [0.4, 0.5) is 24.5 Å². The Labute approximate surface area is 184 Å². The molecule has 0 amide bonds. The number of benzene rings is 2. The number of anilines is 2. The molecule has 3 N–H and O–H groups in total. The van der Waals surface area contributed by atoms with E-state index in [1.54, 1.807) is 12.1 Å². The lowest BCUT2D eigenvalue weighted by Crippen LogP contribution is -2.31. The maximum atomic E-state index is 12.6. The molecule has 0 fully saturated rings. The summed E-state index contributed by atoms with van der Waals surface area (Å²) in [5, 5.41) is 7.27. The smallest absolute Gasteiger partial charge is 0.397 e. The topological polar surface area (TPSA) is 89.4 Å². The van der Waals surface area contributed by atoms with Gasteiger partial charge in [0.05, 0.1) is 30.2 Å². The Kier molecular flexibility index (Phi) is 7.37. The van der Waals surface area contributed by atoms with Crippen molar-refractivity contribution in [2.24, 2.45) is 0 Å². The maximum Gasteiger partial charge on any atom is 0.416 e. The van der Waals surface area contributed by atoms with E-state index < -0.39 is 11.7 Å². The largest absolute Gasteiger partial charge is 0.416 e. The molecule has 32 heavy (non-hydrogen) atoms. The summed E-state index contributed by atoms with van der Waals surface area (Å²) in [5.74, 6) is 0.649. The Morgan fingerprint density at radius 3 is 2.50 bits per heavy atom. The van der Waals surface area contributed by atoms with Crippen molar-refractivity contribution in [3.63, 3.8) is 0 Å². The van der Waals surface area contributed by atoms with Crippen molar-refractivity contribution in [1.29, 1.82) is 0 Å². The molecule has 3 aromatic rings. The number of halogens is 3. The van der Waals surface area contributed by atoms with Crippen LogP contribution >= 0.6 is 0 Å². The third-order valence-corrected chi connectivity index (χ3v) is 4.96. The van der Waals surface area contributed by atoms with Gasteiger partial charge < -0.3 is 20.3 Å². The van der Waals surface area contributed by atoms with E-state index in [1.807, 2.05) is 13.1 Å². The van der Waals surface area contributed by atoms with Crippen LogP contribution in [0.2, 0.25) is 0 Å². The first-order chi connectivity index (χ1) is 15.1. The highest BCUT2D eigenvalue weighted by Crippen LogP contribution is 2.29. The first-order valence-corrected chi connectivity index (χ1v) is 10.0. The number of aromatic nitrogens is 2. The molecule has 1 aromatic heterocycles. The summed E-state index contributed by atoms with van der Waals surface area (Å²) < 4.78 is 48.6. The number of hydrogen-bond donors (Lipinski definition) is 2. The Morgan fingerprint density at radius 1 is 1.12 bits per heavy atom. The number of alkyl halides is 3. The second-order valence-corrected chi connectivity index (χ2v) is 7.69. The molecule has 0 aliphatic rings. The van der Waals surface area contributed by atoms with Crippen LogP contribution < -0.4 is 11.1 Å². The van der Waals surface area contributed by atoms with E-state index >= 15 is 0 Å². The normalized spacial score (nSPS) is 12.0. The van der Waals surface area contributed by atoms with Gasteiger partial charge in [-0.25, -0.2) is 0 Å². The molecule has 0 unspecified atom stereocenters. The number of nitrogen functional groups attached to an aromatic ring is 1. The molecule has 0 saturated heterocycles. The Hall–Kier alpha value is -3.11. The highest BCUT2D eigenvalue weighted by Gasteiger charge is 2.29. The number of hydrogen-bond acceptors (Lipinski definition) is 7. The third kappa shape index (κ3) is 6.21. The SMILES string of the molecule is CC(C)N(C)CNc1cc(-c2noc(COCc3ccc(C(F)(F)F)cc3)n2)ccc1N. The first-order valence-electron chi connectivity index (χ1n) is 10.0. The lowest BCUT2D eigenvalue weighted by Gasteiger charge is -2.22. The van der Waals surface area contributed by atoms with Crippen molar-refractivity contribution in [2.45, 2.75) is 39.3 Å². The fourth-order valence-electron chi connectivity index (χ4n) is 2.72. The van der Waals surface area contributed by atoms with Gasteiger partial charge in [0, 0.05) is 11.6 Å². The maximum absolute atomic E-state index is 12.6. The van der Waals surface area contributed by atoms with Gasteiger partial charge in [-0.15, -0.1) is 0 Å². The molecule has 0 aliphatic heterocycles. The van der Waals surface area contributed by atoms with Gasteiger partial charge in [0.15, 0.2) is 0 Å². The number of rotatable bonds is 9. The van der Waals surface area contributed by atoms with E-state index in [0.717, 1.165) is 23.4 Å². The Balaban J connectivity index is 1.58. The summed E-state index contributed by atoms with van der Waals surface area (Å²) in [6.45, 7) is 4.98. The minimum absolute atomic E-state index is 0.0350. The number of nitrogens with zero attached hydrogens (tertiary/aromatic N) is 3. The van der Waals surface area contributed by atoms with Crippen molar-refractivity contribution >= 4 is 11.4 Å². The third-order valence-electron chi connectivity index (χ3n) is 4.96. The summed E-state index contributed by atoms with van der Waals surface area (Å²) >= 11 is 0. The van der Waals surface area contributed by atoms with Gasteiger partial charge in [-0.2, -0.15) is 18.2 Å². The fraction of sp³-hybridized carbons (Fsp3) is 0.364. The zero-order valence-electron chi connectivity index (χ0n) is 18.1. The van der Waals surface area contributed by atoms with E-state index in [4.69, 9.17) is 15.0 Å². The number of nitrogens with one attached hydrogen (secondary N) is 1. The van der Waals surface area contributed by atoms with Crippen LogP contribution in [0.5, 0.6) is 0 Å². The van der Waals surface area contributed by atoms with Crippen LogP contribution in [0.25, 0.3) is 11.4 Å². The molecular formula is C22H26F3N5O2. The molecule has 1 heterocycles. The van der Waals surface area contributed by atoms with Crippen molar-refractivity contribution < 1.29 is 22.4 Å². The average molecular weight is 449 g/mol. The van der Waals surface area contributed by atoms with Gasteiger partial charge in [0.25, 0.3) is 5.89 Å². The van der Waals surface area contributed by atoms with E-state index in [9.17, 15) is 13.2 Å². The zero-order valence-corrected chi connectivity index (χ0v) is 18.1. The van der Waals surface area contributed by atoms with Crippen molar-refractivity contribution in [1.82, 2.24) is 15.0 Å². The van der Waals surface area contributed by atoms with Gasteiger partial charge in [0.2, 0.25) is 5.82 Å².